The second-order valence-electron chi connectivity index (χ2n) is 4.28. The van der Waals surface area contributed by atoms with Gasteiger partial charge in [0.1, 0.15) is 0 Å². The monoisotopic (exact) mass is 250 g/mol. The summed E-state index contributed by atoms with van der Waals surface area (Å²) in [5.74, 6) is 1.05. The highest BCUT2D eigenvalue weighted by molar-refractivity contribution is 5.73. The molecule has 98 valence electrons. The van der Waals surface area contributed by atoms with Gasteiger partial charge in [-0.2, -0.15) is 0 Å². The summed E-state index contributed by atoms with van der Waals surface area (Å²) in [7, 11) is 0. The smallest absolute Gasteiger partial charge is 0.309 e. The van der Waals surface area contributed by atoms with E-state index in [0.29, 0.717) is 18.2 Å². The van der Waals surface area contributed by atoms with Gasteiger partial charge >= 0.3 is 5.97 Å². The topological polar surface area (TPSA) is 81.3 Å². The minimum Gasteiger partial charge on any atom is -0.466 e. The summed E-state index contributed by atoms with van der Waals surface area (Å²) >= 11 is 0. The highest BCUT2D eigenvalue weighted by Gasteiger charge is 2.27. The first-order chi connectivity index (χ1) is 8.72. The largest absolute Gasteiger partial charge is 0.466 e. The molecule has 0 atom stereocenters. The van der Waals surface area contributed by atoms with Crippen molar-refractivity contribution in [3.8, 4) is 0 Å². The zero-order chi connectivity index (χ0) is 13.0. The van der Waals surface area contributed by atoms with Crippen molar-refractivity contribution < 1.29 is 9.53 Å². The molecule has 0 unspecified atom stereocenters. The summed E-state index contributed by atoms with van der Waals surface area (Å²) < 4.78 is 5.04. The summed E-state index contributed by atoms with van der Waals surface area (Å²) in [5, 5.41) is 0. The van der Waals surface area contributed by atoms with Crippen LogP contribution in [0, 0.1) is 5.92 Å². The van der Waals surface area contributed by atoms with Gasteiger partial charge in [0.25, 0.3) is 0 Å². The maximum Gasteiger partial charge on any atom is 0.309 e. The molecule has 2 N–H and O–H groups in total. The third-order valence-electron chi connectivity index (χ3n) is 3.12. The van der Waals surface area contributed by atoms with Crippen LogP contribution in [-0.4, -0.2) is 35.6 Å². The highest BCUT2D eigenvalue weighted by atomic mass is 16.5. The number of piperidine rings is 1. The van der Waals surface area contributed by atoms with Crippen molar-refractivity contribution in [1.29, 1.82) is 0 Å². The van der Waals surface area contributed by atoms with E-state index in [1.807, 2.05) is 6.92 Å². The highest BCUT2D eigenvalue weighted by Crippen LogP contribution is 2.25. The molecule has 0 spiro atoms. The van der Waals surface area contributed by atoms with E-state index in [9.17, 15) is 4.79 Å². The first kappa shape index (κ1) is 12.6. The molecule has 1 aliphatic heterocycles. The lowest BCUT2D eigenvalue weighted by atomic mass is 9.97. The van der Waals surface area contributed by atoms with Crippen LogP contribution in [0.3, 0.4) is 0 Å². The van der Waals surface area contributed by atoms with Crippen LogP contribution in [0.2, 0.25) is 0 Å². The van der Waals surface area contributed by atoms with Gasteiger partial charge in [0, 0.05) is 25.5 Å². The molecule has 6 nitrogen and oxygen atoms in total. The van der Waals surface area contributed by atoms with Crippen molar-refractivity contribution in [3.63, 3.8) is 0 Å². The standard InChI is InChI=1S/C12H18N4O2/c1-2-18-12(17)9-3-7-16(8-4-9)11-10(13)14-5-6-15-11/h5-6,9H,2-4,7-8H2,1H3,(H2,13,14). The number of ether oxygens (including phenoxy) is 1. The van der Waals surface area contributed by atoms with Gasteiger partial charge in [0.15, 0.2) is 11.6 Å². The molecule has 0 aromatic carbocycles. The fourth-order valence-electron chi connectivity index (χ4n) is 2.17. The van der Waals surface area contributed by atoms with E-state index >= 15 is 0 Å². The molecule has 1 aliphatic rings. The number of nitrogen functional groups attached to an aromatic ring is 1. The number of anilines is 2. The van der Waals surface area contributed by atoms with E-state index in [2.05, 4.69) is 14.9 Å². The number of hydrogen-bond donors (Lipinski definition) is 1. The average Bonchev–Trinajstić information content (AvgIpc) is 2.40. The molecule has 1 fully saturated rings. The zero-order valence-corrected chi connectivity index (χ0v) is 10.5. The summed E-state index contributed by atoms with van der Waals surface area (Å²) in [5.41, 5.74) is 5.79. The van der Waals surface area contributed by atoms with Crippen molar-refractivity contribution in [3.05, 3.63) is 12.4 Å². The predicted molar refractivity (Wildman–Crippen MR) is 68.0 cm³/mol. The number of carbonyl (C=O) groups excluding carboxylic acids is 1. The molecule has 2 heterocycles. The van der Waals surface area contributed by atoms with E-state index in [1.165, 1.54) is 0 Å². The van der Waals surface area contributed by atoms with Crippen LogP contribution in [0.15, 0.2) is 12.4 Å². The first-order valence-electron chi connectivity index (χ1n) is 6.20. The lowest BCUT2D eigenvalue weighted by Gasteiger charge is -2.31. The zero-order valence-electron chi connectivity index (χ0n) is 10.5. The third-order valence-corrected chi connectivity index (χ3v) is 3.12. The Balaban J connectivity index is 1.95. The minimum absolute atomic E-state index is 0.000837. The van der Waals surface area contributed by atoms with E-state index in [1.54, 1.807) is 12.4 Å². The molecule has 1 aromatic heterocycles. The van der Waals surface area contributed by atoms with Crippen LogP contribution in [0.4, 0.5) is 11.6 Å². The van der Waals surface area contributed by atoms with Crippen LogP contribution in [0.5, 0.6) is 0 Å². The molecule has 6 heteroatoms. The van der Waals surface area contributed by atoms with Gasteiger partial charge in [-0.1, -0.05) is 0 Å². The average molecular weight is 250 g/mol. The SMILES string of the molecule is CCOC(=O)C1CCN(c2nccnc2N)CC1. The van der Waals surface area contributed by atoms with Gasteiger partial charge in [-0.05, 0) is 19.8 Å². The number of nitrogens with zero attached hydrogens (tertiary/aromatic N) is 3. The van der Waals surface area contributed by atoms with Gasteiger partial charge in [-0.25, -0.2) is 9.97 Å². The number of hydrogen-bond acceptors (Lipinski definition) is 6. The number of esters is 1. The van der Waals surface area contributed by atoms with Crippen molar-refractivity contribution >= 4 is 17.6 Å². The molecular formula is C12H18N4O2. The van der Waals surface area contributed by atoms with E-state index in [-0.39, 0.29) is 11.9 Å². The third kappa shape index (κ3) is 2.69. The van der Waals surface area contributed by atoms with Crippen LogP contribution in [0.25, 0.3) is 0 Å². The molecule has 18 heavy (non-hydrogen) atoms. The fraction of sp³-hybridized carbons (Fsp3) is 0.583. The molecule has 0 radical (unpaired) electrons. The van der Waals surface area contributed by atoms with Crippen molar-refractivity contribution in [2.45, 2.75) is 19.8 Å². The second kappa shape index (κ2) is 5.66. The Morgan fingerprint density at radius 3 is 2.72 bits per heavy atom. The van der Waals surface area contributed by atoms with Crippen LogP contribution in [-0.2, 0) is 9.53 Å². The lowest BCUT2D eigenvalue weighted by molar-refractivity contribution is -0.148. The first-order valence-corrected chi connectivity index (χ1v) is 6.20. The van der Waals surface area contributed by atoms with Crippen LogP contribution < -0.4 is 10.6 Å². The number of nitrogens with two attached hydrogens (primary N) is 1. The van der Waals surface area contributed by atoms with E-state index in [0.717, 1.165) is 25.9 Å². The normalized spacial score (nSPS) is 16.6. The summed E-state index contributed by atoms with van der Waals surface area (Å²) in [6.45, 7) is 3.78. The van der Waals surface area contributed by atoms with Crippen LogP contribution >= 0.6 is 0 Å². The van der Waals surface area contributed by atoms with Gasteiger partial charge in [0.2, 0.25) is 0 Å². The Hall–Kier alpha value is -1.85. The van der Waals surface area contributed by atoms with Crippen molar-refractivity contribution in [2.75, 3.05) is 30.3 Å². The summed E-state index contributed by atoms with van der Waals surface area (Å²) in [4.78, 5) is 21.9. The molecule has 1 aromatic rings. The molecule has 2 rings (SSSR count). The molecule has 0 bridgehead atoms. The van der Waals surface area contributed by atoms with Gasteiger partial charge in [-0.3, -0.25) is 4.79 Å². The van der Waals surface area contributed by atoms with Gasteiger partial charge in [-0.15, -0.1) is 0 Å². The Labute approximate surface area is 106 Å². The Morgan fingerprint density at radius 1 is 1.44 bits per heavy atom. The quantitative estimate of drug-likeness (QED) is 0.800. The molecular weight excluding hydrogens is 232 g/mol. The van der Waals surface area contributed by atoms with Gasteiger partial charge in [0.05, 0.1) is 12.5 Å². The lowest BCUT2D eigenvalue weighted by Crippen LogP contribution is -2.37. The summed E-state index contributed by atoms with van der Waals surface area (Å²) in [6, 6.07) is 0. The molecule has 1 saturated heterocycles. The maximum atomic E-state index is 11.6. The number of rotatable bonds is 3. The molecule has 0 aliphatic carbocycles. The van der Waals surface area contributed by atoms with E-state index < -0.39 is 0 Å². The van der Waals surface area contributed by atoms with Crippen molar-refractivity contribution in [1.82, 2.24) is 9.97 Å². The molecule has 0 saturated carbocycles. The predicted octanol–water partition coefficient (Wildman–Crippen LogP) is 0.838. The Morgan fingerprint density at radius 2 is 2.11 bits per heavy atom. The van der Waals surface area contributed by atoms with E-state index in [4.69, 9.17) is 10.5 Å². The summed E-state index contributed by atoms with van der Waals surface area (Å²) in [6.07, 6.45) is 4.75. The second-order valence-corrected chi connectivity index (χ2v) is 4.28. The Kier molecular flexibility index (Phi) is 3.96. The van der Waals surface area contributed by atoms with Crippen LogP contribution in [0.1, 0.15) is 19.8 Å². The van der Waals surface area contributed by atoms with Gasteiger partial charge < -0.3 is 15.4 Å². The number of aromatic nitrogens is 2. The Bertz CT molecular complexity index is 416. The maximum absolute atomic E-state index is 11.6. The molecule has 0 amide bonds. The van der Waals surface area contributed by atoms with Crippen molar-refractivity contribution in [2.24, 2.45) is 5.92 Å². The minimum atomic E-state index is -0.0933. The number of carbonyl (C=O) groups is 1. The fourth-order valence-corrected chi connectivity index (χ4v) is 2.17.